The number of benzene rings is 1. The topological polar surface area (TPSA) is 52.7 Å². The molecule has 5 nitrogen and oxygen atoms in total. The molecule has 0 aliphatic carbocycles. The molecule has 2 aromatic rings. The fourth-order valence-corrected chi connectivity index (χ4v) is 4.43. The van der Waals surface area contributed by atoms with E-state index in [-0.39, 0.29) is 11.8 Å². The molecule has 0 spiro atoms. The summed E-state index contributed by atoms with van der Waals surface area (Å²) in [6.07, 6.45) is 0.974. The van der Waals surface area contributed by atoms with Crippen LogP contribution < -0.4 is 5.32 Å². The van der Waals surface area contributed by atoms with E-state index in [4.69, 9.17) is 0 Å². The van der Waals surface area contributed by atoms with E-state index in [9.17, 15) is 9.59 Å². The van der Waals surface area contributed by atoms with Gasteiger partial charge in [0.05, 0.1) is 8.66 Å². The maximum Gasteiger partial charge on any atom is 0.264 e. The molecule has 1 fully saturated rings. The molecular formula is C19H22BrN3O2S. The third-order valence-corrected chi connectivity index (χ3v) is 5.95. The highest BCUT2D eigenvalue weighted by molar-refractivity contribution is 9.11. The highest BCUT2D eigenvalue weighted by Crippen LogP contribution is 2.24. The van der Waals surface area contributed by atoms with Gasteiger partial charge in [0.2, 0.25) is 5.91 Å². The Balaban J connectivity index is 1.55. The van der Waals surface area contributed by atoms with Crippen molar-refractivity contribution in [3.05, 3.63) is 50.6 Å². The fourth-order valence-electron chi connectivity index (χ4n) is 3.07. The Bertz CT molecular complexity index is 775. The SMILES string of the molecule is CC(=O)Nc1ccc(CN2CCCN(C(=O)c3ccc(Br)s3)CC2)cc1. The minimum Gasteiger partial charge on any atom is -0.337 e. The van der Waals surface area contributed by atoms with E-state index in [1.54, 1.807) is 0 Å². The number of amides is 2. The summed E-state index contributed by atoms with van der Waals surface area (Å²) < 4.78 is 0.986. The zero-order valence-corrected chi connectivity index (χ0v) is 17.1. The van der Waals surface area contributed by atoms with Crippen LogP contribution in [-0.2, 0) is 11.3 Å². The molecule has 2 heterocycles. The van der Waals surface area contributed by atoms with Gasteiger partial charge in [-0.2, -0.15) is 0 Å². The fraction of sp³-hybridized carbons (Fsp3) is 0.368. The van der Waals surface area contributed by atoms with Crippen molar-refractivity contribution in [3.8, 4) is 0 Å². The first-order chi connectivity index (χ1) is 12.5. The van der Waals surface area contributed by atoms with Crippen molar-refractivity contribution < 1.29 is 9.59 Å². The highest BCUT2D eigenvalue weighted by atomic mass is 79.9. The molecule has 26 heavy (non-hydrogen) atoms. The first kappa shape index (κ1) is 19.1. The van der Waals surface area contributed by atoms with Crippen molar-refractivity contribution in [2.75, 3.05) is 31.5 Å². The molecular weight excluding hydrogens is 414 g/mol. The van der Waals surface area contributed by atoms with Gasteiger partial charge >= 0.3 is 0 Å². The zero-order valence-electron chi connectivity index (χ0n) is 14.7. The van der Waals surface area contributed by atoms with E-state index in [2.05, 4.69) is 26.1 Å². The number of thiophene rings is 1. The summed E-state index contributed by atoms with van der Waals surface area (Å²) in [5.74, 6) is 0.0648. The summed E-state index contributed by atoms with van der Waals surface area (Å²) in [5.41, 5.74) is 2.03. The van der Waals surface area contributed by atoms with Crippen LogP contribution in [0.1, 0.15) is 28.6 Å². The van der Waals surface area contributed by atoms with Gasteiger partial charge in [0.15, 0.2) is 0 Å². The van der Waals surface area contributed by atoms with Crippen molar-refractivity contribution in [2.45, 2.75) is 19.9 Å². The number of rotatable bonds is 4. The standard InChI is InChI=1S/C19H22BrN3O2S/c1-14(24)21-16-5-3-15(4-6-16)13-22-9-2-10-23(12-11-22)19(25)17-7-8-18(20)26-17/h3-8H,2,9-13H2,1H3,(H,21,24). The van der Waals surface area contributed by atoms with Gasteiger partial charge in [-0.1, -0.05) is 12.1 Å². The van der Waals surface area contributed by atoms with Crippen molar-refractivity contribution in [3.63, 3.8) is 0 Å². The number of hydrogen-bond acceptors (Lipinski definition) is 4. The summed E-state index contributed by atoms with van der Waals surface area (Å²) in [4.78, 5) is 28.8. The van der Waals surface area contributed by atoms with Crippen LogP contribution in [0.2, 0.25) is 0 Å². The largest absolute Gasteiger partial charge is 0.337 e. The number of anilines is 1. The summed E-state index contributed by atoms with van der Waals surface area (Å²) in [5, 5.41) is 2.78. The Morgan fingerprint density at radius 3 is 2.50 bits per heavy atom. The number of carbonyl (C=O) groups is 2. The molecule has 1 aromatic carbocycles. The van der Waals surface area contributed by atoms with E-state index < -0.39 is 0 Å². The van der Waals surface area contributed by atoms with Gasteiger partial charge in [-0.3, -0.25) is 14.5 Å². The Hall–Kier alpha value is -1.70. The third-order valence-electron chi connectivity index (χ3n) is 4.34. The number of hydrogen-bond donors (Lipinski definition) is 1. The molecule has 0 unspecified atom stereocenters. The van der Waals surface area contributed by atoms with Gasteiger partial charge in [-0.15, -0.1) is 11.3 Å². The lowest BCUT2D eigenvalue weighted by Gasteiger charge is -2.21. The molecule has 0 bridgehead atoms. The highest BCUT2D eigenvalue weighted by Gasteiger charge is 2.21. The molecule has 3 rings (SSSR count). The second-order valence-corrected chi connectivity index (χ2v) is 8.87. The molecule has 1 aromatic heterocycles. The van der Waals surface area contributed by atoms with Gasteiger partial charge in [0.25, 0.3) is 5.91 Å². The van der Waals surface area contributed by atoms with Crippen molar-refractivity contribution >= 4 is 44.8 Å². The lowest BCUT2D eigenvalue weighted by Crippen LogP contribution is -2.34. The van der Waals surface area contributed by atoms with Crippen LogP contribution in [0, 0.1) is 0 Å². The number of nitrogens with zero attached hydrogens (tertiary/aromatic N) is 2. The Morgan fingerprint density at radius 2 is 1.85 bits per heavy atom. The first-order valence-corrected chi connectivity index (χ1v) is 10.3. The van der Waals surface area contributed by atoms with Crippen molar-refractivity contribution in [1.29, 1.82) is 0 Å². The van der Waals surface area contributed by atoms with Crippen LogP contribution in [0.3, 0.4) is 0 Å². The predicted molar refractivity (Wildman–Crippen MR) is 109 cm³/mol. The quantitative estimate of drug-likeness (QED) is 0.793. The van der Waals surface area contributed by atoms with Gasteiger partial charge in [-0.25, -0.2) is 0 Å². The number of halogens is 1. The smallest absolute Gasteiger partial charge is 0.264 e. The molecule has 2 amide bonds. The number of carbonyl (C=O) groups excluding carboxylic acids is 2. The maximum absolute atomic E-state index is 12.6. The second-order valence-electron chi connectivity index (χ2n) is 6.40. The molecule has 0 radical (unpaired) electrons. The van der Waals surface area contributed by atoms with E-state index >= 15 is 0 Å². The summed E-state index contributed by atoms with van der Waals surface area (Å²) in [6, 6.07) is 11.8. The lowest BCUT2D eigenvalue weighted by molar-refractivity contribution is -0.114. The van der Waals surface area contributed by atoms with Crippen LogP contribution in [0.25, 0.3) is 0 Å². The maximum atomic E-state index is 12.6. The van der Waals surface area contributed by atoms with Gasteiger partial charge in [0.1, 0.15) is 0 Å². The zero-order chi connectivity index (χ0) is 18.5. The van der Waals surface area contributed by atoms with Crippen LogP contribution in [0.5, 0.6) is 0 Å². The average molecular weight is 436 g/mol. The first-order valence-electron chi connectivity index (χ1n) is 8.65. The molecule has 7 heteroatoms. The summed E-state index contributed by atoms with van der Waals surface area (Å²) >= 11 is 4.91. The average Bonchev–Trinajstić information content (AvgIpc) is 2.91. The molecule has 1 aliphatic rings. The minimum absolute atomic E-state index is 0.0622. The van der Waals surface area contributed by atoms with E-state index in [1.165, 1.54) is 23.8 Å². The monoisotopic (exact) mass is 435 g/mol. The molecule has 1 saturated heterocycles. The summed E-state index contributed by atoms with van der Waals surface area (Å²) in [7, 11) is 0. The van der Waals surface area contributed by atoms with E-state index in [0.717, 1.165) is 53.5 Å². The van der Waals surface area contributed by atoms with E-state index in [0.29, 0.717) is 0 Å². The van der Waals surface area contributed by atoms with Crippen molar-refractivity contribution in [2.24, 2.45) is 0 Å². The second kappa shape index (κ2) is 8.79. The number of nitrogens with one attached hydrogen (secondary N) is 1. The summed E-state index contributed by atoms with van der Waals surface area (Å²) in [6.45, 7) is 5.75. The Labute approximate surface area is 166 Å². The van der Waals surface area contributed by atoms with Crippen LogP contribution in [0.15, 0.2) is 40.2 Å². The third kappa shape index (κ3) is 5.16. The molecule has 0 saturated carbocycles. The molecule has 1 aliphatic heterocycles. The van der Waals surface area contributed by atoms with Crippen molar-refractivity contribution in [1.82, 2.24) is 9.80 Å². The van der Waals surface area contributed by atoms with Gasteiger partial charge < -0.3 is 10.2 Å². The predicted octanol–water partition coefficient (Wildman–Crippen LogP) is 3.82. The van der Waals surface area contributed by atoms with E-state index in [1.807, 2.05) is 41.3 Å². The lowest BCUT2D eigenvalue weighted by atomic mass is 10.2. The van der Waals surface area contributed by atoms with Gasteiger partial charge in [-0.05, 0) is 52.2 Å². The van der Waals surface area contributed by atoms with Crippen LogP contribution in [0.4, 0.5) is 5.69 Å². The van der Waals surface area contributed by atoms with Crippen LogP contribution >= 0.6 is 27.3 Å². The Morgan fingerprint density at radius 1 is 1.08 bits per heavy atom. The Kier molecular flexibility index (Phi) is 6.45. The minimum atomic E-state index is -0.0622. The molecule has 138 valence electrons. The van der Waals surface area contributed by atoms with Crippen LogP contribution in [-0.4, -0.2) is 47.8 Å². The molecule has 1 N–H and O–H groups in total. The molecule has 0 atom stereocenters. The normalized spacial score (nSPS) is 15.5. The van der Waals surface area contributed by atoms with Gasteiger partial charge in [0, 0.05) is 45.3 Å².